The van der Waals surface area contributed by atoms with Crippen LogP contribution < -0.4 is 21.5 Å². The zero-order valence-corrected chi connectivity index (χ0v) is 14.1. The standard InChI is InChI=1S/C17H20N6O2/c1-11-8-12(2)23-16(24)14(11)10-22-17(25)21-7-6-20-15-13(9-18)4-3-5-19-15/h3-5,8H,6-7,10H2,1-2H3,(H,19,20)(H,23,24)(H2,21,22,25). The maximum Gasteiger partial charge on any atom is 0.315 e. The third-order valence-corrected chi connectivity index (χ3v) is 3.55. The number of carbonyl (C=O) groups is 1. The van der Waals surface area contributed by atoms with Crippen molar-refractivity contribution < 1.29 is 4.79 Å². The lowest BCUT2D eigenvalue weighted by atomic mass is 10.1. The number of H-pyrrole nitrogens is 1. The molecule has 0 saturated carbocycles. The van der Waals surface area contributed by atoms with E-state index >= 15 is 0 Å². The molecule has 0 saturated heterocycles. The van der Waals surface area contributed by atoms with Gasteiger partial charge in [0.15, 0.2) is 0 Å². The molecule has 25 heavy (non-hydrogen) atoms. The third-order valence-electron chi connectivity index (χ3n) is 3.55. The predicted octanol–water partition coefficient (Wildman–Crippen LogP) is 1.17. The van der Waals surface area contributed by atoms with E-state index in [-0.39, 0.29) is 18.1 Å². The second-order valence-corrected chi connectivity index (χ2v) is 5.49. The lowest BCUT2D eigenvalue weighted by molar-refractivity contribution is 0.241. The van der Waals surface area contributed by atoms with E-state index in [2.05, 4.69) is 25.9 Å². The van der Waals surface area contributed by atoms with Crippen LogP contribution in [0.1, 0.15) is 22.4 Å². The molecule has 0 fully saturated rings. The number of anilines is 1. The van der Waals surface area contributed by atoms with E-state index < -0.39 is 0 Å². The second kappa shape index (κ2) is 8.49. The second-order valence-electron chi connectivity index (χ2n) is 5.49. The van der Waals surface area contributed by atoms with Crippen molar-refractivity contribution in [1.29, 1.82) is 5.26 Å². The zero-order chi connectivity index (χ0) is 18.2. The van der Waals surface area contributed by atoms with Crippen LogP contribution in [0.25, 0.3) is 0 Å². The van der Waals surface area contributed by atoms with Gasteiger partial charge in [-0.3, -0.25) is 4.79 Å². The highest BCUT2D eigenvalue weighted by Crippen LogP contribution is 2.08. The molecule has 130 valence electrons. The van der Waals surface area contributed by atoms with Gasteiger partial charge in [-0.1, -0.05) is 0 Å². The molecule has 4 N–H and O–H groups in total. The van der Waals surface area contributed by atoms with Crippen LogP contribution in [0.5, 0.6) is 0 Å². The van der Waals surface area contributed by atoms with Gasteiger partial charge in [0.05, 0.1) is 12.1 Å². The minimum atomic E-state index is -0.372. The summed E-state index contributed by atoms with van der Waals surface area (Å²) in [5, 5.41) is 17.3. The topological polar surface area (TPSA) is 123 Å². The van der Waals surface area contributed by atoms with E-state index in [9.17, 15) is 9.59 Å². The first-order chi connectivity index (χ1) is 12.0. The summed E-state index contributed by atoms with van der Waals surface area (Å²) in [6.45, 7) is 4.56. The molecule has 2 amide bonds. The lowest BCUT2D eigenvalue weighted by Gasteiger charge is -2.10. The van der Waals surface area contributed by atoms with E-state index in [0.717, 1.165) is 11.3 Å². The van der Waals surface area contributed by atoms with E-state index in [1.165, 1.54) is 0 Å². The maximum absolute atomic E-state index is 11.9. The van der Waals surface area contributed by atoms with Gasteiger partial charge in [0.1, 0.15) is 11.9 Å². The summed E-state index contributed by atoms with van der Waals surface area (Å²) in [6.07, 6.45) is 1.59. The average Bonchev–Trinajstić information content (AvgIpc) is 2.58. The Hall–Kier alpha value is -3.34. The predicted molar refractivity (Wildman–Crippen MR) is 94.2 cm³/mol. The molecule has 0 aliphatic carbocycles. The minimum absolute atomic E-state index is 0.152. The van der Waals surface area contributed by atoms with Gasteiger partial charge in [-0.05, 0) is 37.6 Å². The molecule has 0 aromatic carbocycles. The number of nitrogens with zero attached hydrogens (tertiary/aromatic N) is 2. The number of carbonyl (C=O) groups excluding carboxylic acids is 1. The Labute approximate surface area is 145 Å². The maximum atomic E-state index is 11.9. The summed E-state index contributed by atoms with van der Waals surface area (Å²) < 4.78 is 0. The number of hydrogen-bond donors (Lipinski definition) is 4. The molecular weight excluding hydrogens is 320 g/mol. The first kappa shape index (κ1) is 18.0. The van der Waals surface area contributed by atoms with Gasteiger partial charge < -0.3 is 20.9 Å². The van der Waals surface area contributed by atoms with Crippen LogP contribution in [-0.2, 0) is 6.54 Å². The summed E-state index contributed by atoms with van der Waals surface area (Å²) >= 11 is 0. The number of nitrogens with one attached hydrogen (secondary N) is 4. The number of pyridine rings is 2. The van der Waals surface area contributed by atoms with Gasteiger partial charge in [0.25, 0.3) is 5.56 Å². The molecule has 2 heterocycles. The third kappa shape index (κ3) is 5.07. The summed E-state index contributed by atoms with van der Waals surface area (Å²) in [5.41, 5.74) is 2.40. The molecule has 2 aromatic rings. The molecule has 0 atom stereocenters. The summed E-state index contributed by atoms with van der Waals surface area (Å²) in [6, 6.07) is 6.88. The molecule has 2 aromatic heterocycles. The fourth-order valence-electron chi connectivity index (χ4n) is 2.33. The molecule has 8 nitrogen and oxygen atoms in total. The van der Waals surface area contributed by atoms with Crippen LogP contribution in [0.3, 0.4) is 0 Å². The molecule has 8 heteroatoms. The van der Waals surface area contributed by atoms with Crippen molar-refractivity contribution in [3.63, 3.8) is 0 Å². The Morgan fingerprint density at radius 2 is 2.12 bits per heavy atom. The molecule has 0 aliphatic heterocycles. The molecule has 0 unspecified atom stereocenters. The molecule has 0 spiro atoms. The number of nitriles is 1. The van der Waals surface area contributed by atoms with E-state index in [4.69, 9.17) is 5.26 Å². The highest BCUT2D eigenvalue weighted by Gasteiger charge is 2.07. The van der Waals surface area contributed by atoms with Crippen molar-refractivity contribution in [3.8, 4) is 6.07 Å². The van der Waals surface area contributed by atoms with Crippen molar-refractivity contribution in [2.45, 2.75) is 20.4 Å². The first-order valence-electron chi connectivity index (χ1n) is 7.81. The SMILES string of the molecule is Cc1cc(C)c(CNC(=O)NCCNc2ncccc2C#N)c(=O)[nH]1. The van der Waals surface area contributed by atoms with Crippen LogP contribution in [0.15, 0.2) is 29.2 Å². The van der Waals surface area contributed by atoms with E-state index in [1.807, 2.05) is 26.0 Å². The highest BCUT2D eigenvalue weighted by molar-refractivity contribution is 5.73. The van der Waals surface area contributed by atoms with Crippen molar-refractivity contribution in [2.75, 3.05) is 18.4 Å². The quantitative estimate of drug-likeness (QED) is 0.588. The summed E-state index contributed by atoms with van der Waals surface area (Å²) in [5.74, 6) is 0.481. The zero-order valence-electron chi connectivity index (χ0n) is 14.1. The lowest BCUT2D eigenvalue weighted by Crippen LogP contribution is -2.38. The molecule has 0 bridgehead atoms. The Bertz CT molecular complexity index is 853. The van der Waals surface area contributed by atoms with Crippen LogP contribution in [0.2, 0.25) is 0 Å². The first-order valence-corrected chi connectivity index (χ1v) is 7.81. The van der Waals surface area contributed by atoms with Gasteiger partial charge in [0.2, 0.25) is 0 Å². The van der Waals surface area contributed by atoms with E-state index in [0.29, 0.717) is 30.0 Å². The summed E-state index contributed by atoms with van der Waals surface area (Å²) in [4.78, 5) is 30.5. The highest BCUT2D eigenvalue weighted by atomic mass is 16.2. The van der Waals surface area contributed by atoms with Crippen molar-refractivity contribution in [2.24, 2.45) is 0 Å². The fourth-order valence-corrected chi connectivity index (χ4v) is 2.33. The average molecular weight is 340 g/mol. The van der Waals surface area contributed by atoms with Gasteiger partial charge >= 0.3 is 6.03 Å². The van der Waals surface area contributed by atoms with Crippen molar-refractivity contribution in [3.05, 3.63) is 57.1 Å². The Morgan fingerprint density at radius 3 is 2.84 bits per heavy atom. The van der Waals surface area contributed by atoms with Gasteiger partial charge in [-0.2, -0.15) is 5.26 Å². The smallest absolute Gasteiger partial charge is 0.315 e. The van der Waals surface area contributed by atoms with Gasteiger partial charge in [-0.15, -0.1) is 0 Å². The molecule has 2 rings (SSSR count). The Kier molecular flexibility index (Phi) is 6.12. The molecule has 0 aliphatic rings. The number of rotatable bonds is 6. The Morgan fingerprint density at radius 1 is 1.32 bits per heavy atom. The fraction of sp³-hybridized carbons (Fsp3) is 0.294. The number of aryl methyl sites for hydroxylation is 2. The normalized spacial score (nSPS) is 9.96. The number of amides is 2. The van der Waals surface area contributed by atoms with Gasteiger partial charge in [-0.25, -0.2) is 9.78 Å². The molecular formula is C17H20N6O2. The van der Waals surface area contributed by atoms with Crippen molar-refractivity contribution >= 4 is 11.8 Å². The Balaban J connectivity index is 1.77. The van der Waals surface area contributed by atoms with Crippen molar-refractivity contribution in [1.82, 2.24) is 20.6 Å². The summed E-state index contributed by atoms with van der Waals surface area (Å²) in [7, 11) is 0. The molecule has 0 radical (unpaired) electrons. The van der Waals surface area contributed by atoms with Crippen LogP contribution in [0.4, 0.5) is 10.6 Å². The number of aromatic amines is 1. The van der Waals surface area contributed by atoms with Crippen LogP contribution in [0, 0.1) is 25.2 Å². The van der Waals surface area contributed by atoms with E-state index in [1.54, 1.807) is 18.3 Å². The number of urea groups is 1. The monoisotopic (exact) mass is 340 g/mol. The van der Waals surface area contributed by atoms with Crippen LogP contribution in [-0.4, -0.2) is 29.1 Å². The number of aromatic nitrogens is 2. The van der Waals surface area contributed by atoms with Crippen LogP contribution >= 0.6 is 0 Å². The number of hydrogen-bond acceptors (Lipinski definition) is 5. The minimum Gasteiger partial charge on any atom is -0.367 e. The largest absolute Gasteiger partial charge is 0.367 e. The van der Waals surface area contributed by atoms with Gasteiger partial charge in [0, 0.05) is 30.5 Å².